The molecule has 1 aromatic carbocycles. The molecule has 9 heteroatoms. The fraction of sp³-hybridized carbons (Fsp3) is 0.308. The van der Waals surface area contributed by atoms with E-state index in [9.17, 15) is 18.5 Å². The maximum atomic E-state index is 12.6. The standard InChI is InChI=1S/C13H13N3O5S/c1-9-12-6-7-15(8-13(12)21-14-9)22(19,20)11-4-2-10(3-5-11)16(17)18/h2-5H,6-8H2,1H3. The van der Waals surface area contributed by atoms with Crippen molar-refractivity contribution in [3.8, 4) is 0 Å². The van der Waals surface area contributed by atoms with Crippen LogP contribution in [0.2, 0.25) is 0 Å². The van der Waals surface area contributed by atoms with Gasteiger partial charge < -0.3 is 4.52 Å². The zero-order valence-electron chi connectivity index (χ0n) is 11.7. The molecule has 1 aliphatic heterocycles. The predicted octanol–water partition coefficient (Wildman–Crippen LogP) is 1.64. The third-order valence-corrected chi connectivity index (χ3v) is 5.54. The number of hydrogen-bond donors (Lipinski definition) is 0. The summed E-state index contributed by atoms with van der Waals surface area (Å²) in [6.45, 7) is 2.27. The quantitative estimate of drug-likeness (QED) is 0.628. The van der Waals surface area contributed by atoms with Crippen molar-refractivity contribution in [3.05, 3.63) is 51.4 Å². The number of nitro benzene ring substituents is 1. The van der Waals surface area contributed by atoms with Gasteiger partial charge in [0.25, 0.3) is 5.69 Å². The van der Waals surface area contributed by atoms with Gasteiger partial charge in [-0.05, 0) is 25.5 Å². The summed E-state index contributed by atoms with van der Waals surface area (Å²) in [6, 6.07) is 4.85. The van der Waals surface area contributed by atoms with E-state index in [0.29, 0.717) is 18.7 Å². The average Bonchev–Trinajstić information content (AvgIpc) is 2.88. The first-order valence-corrected chi connectivity index (χ1v) is 8.02. The lowest BCUT2D eigenvalue weighted by molar-refractivity contribution is -0.384. The maximum absolute atomic E-state index is 12.6. The van der Waals surface area contributed by atoms with Crippen LogP contribution in [0.4, 0.5) is 5.69 Å². The lowest BCUT2D eigenvalue weighted by Gasteiger charge is -2.24. The molecule has 2 aromatic rings. The number of aromatic nitrogens is 1. The van der Waals surface area contributed by atoms with Gasteiger partial charge in [0.05, 0.1) is 22.1 Å². The third kappa shape index (κ3) is 2.38. The molecule has 0 amide bonds. The summed E-state index contributed by atoms with van der Waals surface area (Å²) >= 11 is 0. The average molecular weight is 323 g/mol. The van der Waals surface area contributed by atoms with Crippen LogP contribution in [0, 0.1) is 17.0 Å². The van der Waals surface area contributed by atoms with E-state index in [0.717, 1.165) is 11.3 Å². The van der Waals surface area contributed by atoms with Crippen LogP contribution < -0.4 is 0 Å². The minimum atomic E-state index is -3.71. The van der Waals surface area contributed by atoms with E-state index in [4.69, 9.17) is 4.52 Å². The Kier molecular flexibility index (Phi) is 3.45. The number of non-ortho nitro benzene ring substituents is 1. The molecule has 8 nitrogen and oxygen atoms in total. The second kappa shape index (κ2) is 5.18. The van der Waals surface area contributed by atoms with E-state index in [-0.39, 0.29) is 17.1 Å². The Morgan fingerprint density at radius 1 is 1.32 bits per heavy atom. The monoisotopic (exact) mass is 323 g/mol. The number of nitro groups is 1. The summed E-state index contributed by atoms with van der Waals surface area (Å²) in [4.78, 5) is 10.1. The maximum Gasteiger partial charge on any atom is 0.269 e. The number of nitrogens with zero attached hydrogens (tertiary/aromatic N) is 3. The largest absolute Gasteiger partial charge is 0.359 e. The highest BCUT2D eigenvalue weighted by Crippen LogP contribution is 2.27. The summed E-state index contributed by atoms with van der Waals surface area (Å²) in [5.41, 5.74) is 1.59. The van der Waals surface area contributed by atoms with Crippen LogP contribution in [0.5, 0.6) is 0 Å². The first-order valence-electron chi connectivity index (χ1n) is 6.58. The molecular weight excluding hydrogens is 310 g/mol. The summed E-state index contributed by atoms with van der Waals surface area (Å²) in [5.74, 6) is 0.550. The SMILES string of the molecule is Cc1noc2c1CCN(S(=O)(=O)c1ccc([N+](=O)[O-])cc1)C2. The lowest BCUT2D eigenvalue weighted by atomic mass is 10.1. The zero-order chi connectivity index (χ0) is 15.9. The molecule has 0 saturated heterocycles. The van der Waals surface area contributed by atoms with E-state index in [1.807, 2.05) is 6.92 Å². The van der Waals surface area contributed by atoms with Crippen molar-refractivity contribution < 1.29 is 17.9 Å². The highest BCUT2D eigenvalue weighted by Gasteiger charge is 2.31. The van der Waals surface area contributed by atoms with Crippen LogP contribution in [-0.2, 0) is 23.0 Å². The van der Waals surface area contributed by atoms with Crippen LogP contribution >= 0.6 is 0 Å². The number of rotatable bonds is 3. The molecule has 0 aliphatic carbocycles. The molecule has 0 unspecified atom stereocenters. The molecule has 116 valence electrons. The van der Waals surface area contributed by atoms with E-state index < -0.39 is 14.9 Å². The van der Waals surface area contributed by atoms with Crippen molar-refractivity contribution in [2.75, 3.05) is 6.54 Å². The molecule has 0 bridgehead atoms. The molecule has 22 heavy (non-hydrogen) atoms. The molecule has 0 saturated carbocycles. The van der Waals surface area contributed by atoms with E-state index in [1.165, 1.54) is 28.6 Å². The number of sulfonamides is 1. The molecular formula is C13H13N3O5S. The van der Waals surface area contributed by atoms with Crippen LogP contribution in [0.1, 0.15) is 17.0 Å². The Balaban J connectivity index is 1.89. The molecule has 0 N–H and O–H groups in total. The second-order valence-corrected chi connectivity index (χ2v) is 6.95. The lowest BCUT2D eigenvalue weighted by Crippen LogP contribution is -2.35. The van der Waals surface area contributed by atoms with Gasteiger partial charge >= 0.3 is 0 Å². The minimum absolute atomic E-state index is 0.0257. The molecule has 3 rings (SSSR count). The minimum Gasteiger partial charge on any atom is -0.359 e. The number of aryl methyl sites for hydroxylation is 1. The Morgan fingerprint density at radius 3 is 2.64 bits per heavy atom. The molecule has 0 atom stereocenters. The van der Waals surface area contributed by atoms with E-state index in [2.05, 4.69) is 5.16 Å². The molecule has 2 heterocycles. The predicted molar refractivity (Wildman–Crippen MR) is 75.6 cm³/mol. The van der Waals surface area contributed by atoms with Crippen molar-refractivity contribution in [2.45, 2.75) is 24.8 Å². The molecule has 1 aliphatic rings. The molecule has 0 radical (unpaired) electrons. The summed E-state index contributed by atoms with van der Waals surface area (Å²) in [5, 5.41) is 14.5. The van der Waals surface area contributed by atoms with Crippen molar-refractivity contribution in [3.63, 3.8) is 0 Å². The molecule has 0 fully saturated rings. The summed E-state index contributed by atoms with van der Waals surface area (Å²) < 4.78 is 31.6. The van der Waals surface area contributed by atoms with Crippen LogP contribution in [0.25, 0.3) is 0 Å². The first-order chi connectivity index (χ1) is 10.4. The smallest absolute Gasteiger partial charge is 0.269 e. The number of benzene rings is 1. The van der Waals surface area contributed by atoms with Gasteiger partial charge in [0, 0.05) is 24.2 Å². The zero-order valence-corrected chi connectivity index (χ0v) is 12.5. The van der Waals surface area contributed by atoms with E-state index >= 15 is 0 Å². The normalized spacial score (nSPS) is 15.5. The second-order valence-electron chi connectivity index (χ2n) is 5.01. The van der Waals surface area contributed by atoms with Gasteiger partial charge in [-0.15, -0.1) is 0 Å². The van der Waals surface area contributed by atoms with Gasteiger partial charge in [-0.3, -0.25) is 10.1 Å². The van der Waals surface area contributed by atoms with Crippen LogP contribution in [-0.4, -0.2) is 29.3 Å². The first kappa shape index (κ1) is 14.7. The van der Waals surface area contributed by atoms with Gasteiger partial charge in [0.2, 0.25) is 10.0 Å². The fourth-order valence-electron chi connectivity index (χ4n) is 2.45. The Labute approximate surface area is 126 Å². The highest BCUT2D eigenvalue weighted by atomic mass is 32.2. The van der Waals surface area contributed by atoms with Crippen molar-refractivity contribution in [1.82, 2.24) is 9.46 Å². The summed E-state index contributed by atoms with van der Waals surface area (Å²) in [7, 11) is -3.71. The van der Waals surface area contributed by atoms with Crippen LogP contribution in [0.15, 0.2) is 33.7 Å². The van der Waals surface area contributed by atoms with Crippen molar-refractivity contribution in [1.29, 1.82) is 0 Å². The fourth-order valence-corrected chi connectivity index (χ4v) is 3.85. The van der Waals surface area contributed by atoms with Gasteiger partial charge in [0.1, 0.15) is 0 Å². The molecule has 0 spiro atoms. The number of hydrogen-bond acceptors (Lipinski definition) is 6. The van der Waals surface area contributed by atoms with Gasteiger partial charge in [-0.2, -0.15) is 4.31 Å². The van der Waals surface area contributed by atoms with Gasteiger partial charge in [0.15, 0.2) is 5.76 Å². The van der Waals surface area contributed by atoms with Crippen molar-refractivity contribution in [2.24, 2.45) is 0 Å². The third-order valence-electron chi connectivity index (χ3n) is 3.68. The Hall–Kier alpha value is -2.26. The Morgan fingerprint density at radius 2 is 2.00 bits per heavy atom. The van der Waals surface area contributed by atoms with Gasteiger partial charge in [-0.1, -0.05) is 5.16 Å². The van der Waals surface area contributed by atoms with Crippen LogP contribution in [0.3, 0.4) is 0 Å². The topological polar surface area (TPSA) is 107 Å². The van der Waals surface area contributed by atoms with Crippen molar-refractivity contribution >= 4 is 15.7 Å². The van der Waals surface area contributed by atoms with Gasteiger partial charge in [-0.25, -0.2) is 8.42 Å². The highest BCUT2D eigenvalue weighted by molar-refractivity contribution is 7.89. The Bertz CT molecular complexity index is 826. The molecule has 1 aromatic heterocycles. The summed E-state index contributed by atoms with van der Waals surface area (Å²) in [6.07, 6.45) is 0.539. The van der Waals surface area contributed by atoms with E-state index in [1.54, 1.807) is 0 Å². The number of fused-ring (bicyclic) bond motifs is 1.